The summed E-state index contributed by atoms with van der Waals surface area (Å²) >= 11 is 0. The quantitative estimate of drug-likeness (QED) is 0.738. The van der Waals surface area contributed by atoms with Crippen molar-refractivity contribution in [2.45, 2.75) is 36.1 Å². The van der Waals surface area contributed by atoms with Gasteiger partial charge in [0, 0.05) is 19.8 Å². The first kappa shape index (κ1) is 15.7. The van der Waals surface area contributed by atoms with Crippen LogP contribution in [0.4, 0.5) is 0 Å². The summed E-state index contributed by atoms with van der Waals surface area (Å²) in [5.41, 5.74) is 0. The van der Waals surface area contributed by atoms with Crippen molar-refractivity contribution in [3.8, 4) is 0 Å². The Morgan fingerprint density at radius 1 is 1.55 bits per heavy atom. The van der Waals surface area contributed by atoms with Gasteiger partial charge in [-0.2, -0.15) is 4.31 Å². The Kier molecular flexibility index (Phi) is 4.35. The Labute approximate surface area is 130 Å². The second-order valence-electron chi connectivity index (χ2n) is 5.63. The van der Waals surface area contributed by atoms with Gasteiger partial charge in [-0.1, -0.05) is 6.08 Å². The summed E-state index contributed by atoms with van der Waals surface area (Å²) in [6, 6.07) is -0.185. The molecule has 1 aromatic rings. The summed E-state index contributed by atoms with van der Waals surface area (Å²) in [5, 5.41) is 0.0890. The topological polar surface area (TPSA) is 73.7 Å². The number of sulfonamides is 1. The van der Waals surface area contributed by atoms with Crippen molar-refractivity contribution in [2.24, 2.45) is 7.05 Å². The molecule has 0 spiro atoms. The molecular formula is C14H21N3O4S. The Morgan fingerprint density at radius 3 is 3.05 bits per heavy atom. The third kappa shape index (κ3) is 2.71. The average Bonchev–Trinajstić information content (AvgIpc) is 3.11. The molecule has 1 saturated carbocycles. The van der Waals surface area contributed by atoms with Crippen molar-refractivity contribution in [2.75, 3.05) is 19.8 Å². The van der Waals surface area contributed by atoms with Crippen LogP contribution in [-0.2, 0) is 26.5 Å². The van der Waals surface area contributed by atoms with E-state index in [-0.39, 0.29) is 23.3 Å². The molecule has 8 heteroatoms. The van der Waals surface area contributed by atoms with Crippen molar-refractivity contribution >= 4 is 10.0 Å². The van der Waals surface area contributed by atoms with E-state index >= 15 is 0 Å². The summed E-state index contributed by atoms with van der Waals surface area (Å²) in [6.45, 7) is 4.82. The molecule has 2 aliphatic rings. The maximum atomic E-state index is 12.8. The van der Waals surface area contributed by atoms with E-state index in [1.165, 1.54) is 16.8 Å². The van der Waals surface area contributed by atoms with Crippen LogP contribution < -0.4 is 0 Å². The summed E-state index contributed by atoms with van der Waals surface area (Å²) < 4.78 is 40.3. The highest BCUT2D eigenvalue weighted by atomic mass is 32.2. The van der Waals surface area contributed by atoms with Crippen LogP contribution in [0, 0.1) is 0 Å². The van der Waals surface area contributed by atoms with Crippen LogP contribution in [-0.4, -0.2) is 60.3 Å². The molecule has 7 nitrogen and oxygen atoms in total. The maximum Gasteiger partial charge on any atom is 0.262 e. The lowest BCUT2D eigenvalue weighted by Gasteiger charge is -2.37. The molecule has 22 heavy (non-hydrogen) atoms. The number of imidazole rings is 1. The molecule has 3 atom stereocenters. The number of fused-ring (bicyclic) bond motifs is 1. The number of ether oxygens (including phenoxy) is 2. The SMILES string of the molecule is C=CCO[C@H]1CC[C@H]2[C@H]1OCCN2S(=O)(=O)c1cn(C)cn1. The predicted molar refractivity (Wildman–Crippen MR) is 79.8 cm³/mol. The van der Waals surface area contributed by atoms with E-state index in [9.17, 15) is 8.42 Å². The minimum atomic E-state index is -3.59. The molecule has 1 aromatic heterocycles. The van der Waals surface area contributed by atoms with Crippen LogP contribution in [0.1, 0.15) is 12.8 Å². The Hall–Kier alpha value is -1.22. The lowest BCUT2D eigenvalue weighted by molar-refractivity contribution is -0.0912. The molecule has 0 N–H and O–H groups in total. The van der Waals surface area contributed by atoms with Gasteiger partial charge in [-0.3, -0.25) is 0 Å². The fourth-order valence-corrected chi connectivity index (χ4v) is 4.81. The van der Waals surface area contributed by atoms with Gasteiger partial charge in [0.05, 0.1) is 31.7 Å². The number of aromatic nitrogens is 2. The lowest BCUT2D eigenvalue weighted by atomic mass is 10.1. The van der Waals surface area contributed by atoms with Crippen LogP contribution >= 0.6 is 0 Å². The minimum Gasteiger partial charge on any atom is -0.372 e. The Morgan fingerprint density at radius 2 is 2.36 bits per heavy atom. The summed E-state index contributed by atoms with van der Waals surface area (Å²) in [6.07, 6.45) is 5.95. The van der Waals surface area contributed by atoms with Gasteiger partial charge in [0.15, 0.2) is 5.03 Å². The molecule has 0 unspecified atom stereocenters. The number of aryl methyl sites for hydroxylation is 1. The van der Waals surface area contributed by atoms with Gasteiger partial charge in [-0.05, 0) is 12.8 Å². The standard InChI is InChI=1S/C14H21N3O4S/c1-3-7-20-12-5-4-11-14(12)21-8-6-17(11)22(18,19)13-9-16(2)10-15-13/h3,9-12,14H,1,4-8H2,2H3/t11-,12-,14+/m0/s1. The fraction of sp³-hybridized carbons (Fsp3) is 0.643. The summed E-state index contributed by atoms with van der Waals surface area (Å²) in [7, 11) is -1.84. The predicted octanol–water partition coefficient (Wildman–Crippen LogP) is 0.543. The summed E-state index contributed by atoms with van der Waals surface area (Å²) in [5.74, 6) is 0. The van der Waals surface area contributed by atoms with Gasteiger partial charge in [-0.15, -0.1) is 6.58 Å². The van der Waals surface area contributed by atoms with Crippen LogP contribution in [0.25, 0.3) is 0 Å². The highest BCUT2D eigenvalue weighted by Crippen LogP contribution is 2.34. The van der Waals surface area contributed by atoms with E-state index in [1.807, 2.05) is 0 Å². The van der Waals surface area contributed by atoms with Crippen molar-refractivity contribution in [3.63, 3.8) is 0 Å². The largest absolute Gasteiger partial charge is 0.372 e. The fourth-order valence-electron chi connectivity index (χ4n) is 3.19. The van der Waals surface area contributed by atoms with Gasteiger partial charge >= 0.3 is 0 Å². The molecule has 1 saturated heterocycles. The lowest BCUT2D eigenvalue weighted by Crippen LogP contribution is -2.53. The zero-order chi connectivity index (χ0) is 15.7. The van der Waals surface area contributed by atoms with E-state index in [2.05, 4.69) is 11.6 Å². The minimum absolute atomic E-state index is 0.0790. The van der Waals surface area contributed by atoms with Crippen LogP contribution in [0.15, 0.2) is 30.2 Å². The molecule has 3 rings (SSSR count). The van der Waals surface area contributed by atoms with Crippen LogP contribution in [0.5, 0.6) is 0 Å². The smallest absolute Gasteiger partial charge is 0.262 e. The zero-order valence-electron chi connectivity index (χ0n) is 12.6. The second-order valence-corrected chi connectivity index (χ2v) is 7.47. The molecular weight excluding hydrogens is 306 g/mol. The molecule has 122 valence electrons. The van der Waals surface area contributed by atoms with E-state index in [4.69, 9.17) is 9.47 Å². The molecule has 2 heterocycles. The average molecular weight is 327 g/mol. The third-order valence-electron chi connectivity index (χ3n) is 4.17. The van der Waals surface area contributed by atoms with Gasteiger partial charge in [0.25, 0.3) is 10.0 Å². The first-order chi connectivity index (χ1) is 10.5. The molecule has 0 aromatic carbocycles. The Balaban J connectivity index is 1.81. The molecule has 2 fully saturated rings. The normalized spacial score (nSPS) is 29.4. The number of morpholine rings is 1. The van der Waals surface area contributed by atoms with Crippen LogP contribution in [0.2, 0.25) is 0 Å². The number of hydrogen-bond acceptors (Lipinski definition) is 5. The molecule has 1 aliphatic carbocycles. The first-order valence-electron chi connectivity index (χ1n) is 7.38. The van der Waals surface area contributed by atoms with Gasteiger partial charge in [0.2, 0.25) is 0 Å². The van der Waals surface area contributed by atoms with E-state index in [0.29, 0.717) is 19.8 Å². The van der Waals surface area contributed by atoms with E-state index in [1.54, 1.807) is 17.7 Å². The monoisotopic (exact) mass is 327 g/mol. The molecule has 0 amide bonds. The molecule has 1 aliphatic heterocycles. The third-order valence-corrected chi connectivity index (χ3v) is 5.98. The first-order valence-corrected chi connectivity index (χ1v) is 8.82. The van der Waals surface area contributed by atoms with Crippen LogP contribution in [0.3, 0.4) is 0 Å². The molecule has 0 bridgehead atoms. The number of rotatable bonds is 5. The highest BCUT2D eigenvalue weighted by molar-refractivity contribution is 7.89. The van der Waals surface area contributed by atoms with Crippen molar-refractivity contribution in [1.82, 2.24) is 13.9 Å². The Bertz CT molecular complexity index is 642. The van der Waals surface area contributed by atoms with Gasteiger partial charge < -0.3 is 14.0 Å². The number of hydrogen-bond donors (Lipinski definition) is 0. The van der Waals surface area contributed by atoms with Crippen molar-refractivity contribution in [3.05, 3.63) is 25.2 Å². The summed E-state index contributed by atoms with van der Waals surface area (Å²) in [4.78, 5) is 3.99. The zero-order valence-corrected chi connectivity index (χ0v) is 13.4. The van der Waals surface area contributed by atoms with Crippen molar-refractivity contribution < 1.29 is 17.9 Å². The molecule has 0 radical (unpaired) electrons. The van der Waals surface area contributed by atoms with E-state index < -0.39 is 10.0 Å². The van der Waals surface area contributed by atoms with Gasteiger partial charge in [0.1, 0.15) is 6.10 Å². The maximum absolute atomic E-state index is 12.8. The number of nitrogens with zero attached hydrogens (tertiary/aromatic N) is 3. The van der Waals surface area contributed by atoms with Crippen molar-refractivity contribution in [1.29, 1.82) is 0 Å². The second kappa shape index (κ2) is 6.11. The van der Waals surface area contributed by atoms with E-state index in [0.717, 1.165) is 12.8 Å². The van der Waals surface area contributed by atoms with Gasteiger partial charge in [-0.25, -0.2) is 13.4 Å². The highest BCUT2D eigenvalue weighted by Gasteiger charge is 2.47.